The van der Waals surface area contributed by atoms with Gasteiger partial charge in [-0.1, -0.05) is 13.8 Å². The Balaban J connectivity index is 2.10. The molecule has 1 N–H and O–H groups in total. The number of aryl methyl sites for hydroxylation is 1. The molecule has 1 aromatic rings. The highest BCUT2D eigenvalue weighted by atomic mass is 32.2. The minimum Gasteiger partial charge on any atom is -0.394 e. The van der Waals surface area contributed by atoms with Gasteiger partial charge in [0.15, 0.2) is 0 Å². The Morgan fingerprint density at radius 3 is 2.47 bits per heavy atom. The van der Waals surface area contributed by atoms with E-state index < -0.39 is 0 Å². The number of thioether (sulfide) groups is 1. The van der Waals surface area contributed by atoms with Crippen LogP contribution in [0.4, 0.5) is 0 Å². The lowest BCUT2D eigenvalue weighted by Gasteiger charge is -2.34. The number of aliphatic hydroxyl groups is 1. The lowest BCUT2D eigenvalue weighted by atomic mass is 10.1. The summed E-state index contributed by atoms with van der Waals surface area (Å²) in [5, 5.41) is 15.0. The first-order chi connectivity index (χ1) is 9.01. The van der Waals surface area contributed by atoms with Crippen molar-refractivity contribution in [3.63, 3.8) is 0 Å². The van der Waals surface area contributed by atoms with E-state index in [1.54, 1.807) is 0 Å². The summed E-state index contributed by atoms with van der Waals surface area (Å²) in [6.07, 6.45) is 0. The highest BCUT2D eigenvalue weighted by Gasteiger charge is 2.24. The van der Waals surface area contributed by atoms with Crippen LogP contribution in [-0.2, 0) is 13.1 Å². The zero-order valence-corrected chi connectivity index (χ0v) is 13.2. The largest absolute Gasteiger partial charge is 0.394 e. The minimum atomic E-state index is 0.149. The molecule has 5 heteroatoms. The van der Waals surface area contributed by atoms with E-state index in [1.165, 1.54) is 11.3 Å². The van der Waals surface area contributed by atoms with E-state index in [2.05, 4.69) is 49.5 Å². The van der Waals surface area contributed by atoms with E-state index in [1.807, 2.05) is 4.68 Å². The quantitative estimate of drug-likeness (QED) is 0.915. The number of rotatable bonds is 4. The summed E-state index contributed by atoms with van der Waals surface area (Å²) in [4.78, 5) is 2.53. The van der Waals surface area contributed by atoms with Crippen molar-refractivity contribution in [3.05, 3.63) is 17.0 Å². The Labute approximate surface area is 120 Å². The third-order valence-corrected chi connectivity index (χ3v) is 4.95. The number of aromatic nitrogens is 2. The predicted molar refractivity (Wildman–Crippen MR) is 80.6 cm³/mol. The second kappa shape index (κ2) is 6.29. The van der Waals surface area contributed by atoms with Gasteiger partial charge in [0.1, 0.15) is 0 Å². The van der Waals surface area contributed by atoms with Gasteiger partial charge in [-0.15, -0.1) is 0 Å². The molecule has 0 aliphatic carbocycles. The molecule has 0 radical (unpaired) electrons. The van der Waals surface area contributed by atoms with Gasteiger partial charge in [0.25, 0.3) is 0 Å². The lowest BCUT2D eigenvalue weighted by molar-refractivity contribution is 0.260. The van der Waals surface area contributed by atoms with E-state index in [-0.39, 0.29) is 6.61 Å². The van der Waals surface area contributed by atoms with Crippen LogP contribution in [0.5, 0.6) is 0 Å². The fraction of sp³-hybridized carbons (Fsp3) is 0.786. The Hall–Kier alpha value is -0.520. The molecular formula is C14H25N3OS. The molecule has 1 aliphatic heterocycles. The first kappa shape index (κ1) is 14.9. The van der Waals surface area contributed by atoms with Crippen molar-refractivity contribution in [3.8, 4) is 0 Å². The van der Waals surface area contributed by atoms with E-state index in [0.717, 1.165) is 25.3 Å². The van der Waals surface area contributed by atoms with Crippen molar-refractivity contribution in [1.82, 2.24) is 14.7 Å². The summed E-state index contributed by atoms with van der Waals surface area (Å²) in [5.41, 5.74) is 3.63. The van der Waals surface area contributed by atoms with Gasteiger partial charge in [-0.3, -0.25) is 9.58 Å². The molecule has 2 heterocycles. The summed E-state index contributed by atoms with van der Waals surface area (Å²) in [6, 6.07) is 0. The second-order valence-corrected chi connectivity index (χ2v) is 7.43. The van der Waals surface area contributed by atoms with Gasteiger partial charge in [-0.05, 0) is 13.8 Å². The van der Waals surface area contributed by atoms with Gasteiger partial charge in [-0.25, -0.2) is 0 Å². The van der Waals surface area contributed by atoms with Crippen LogP contribution in [0.2, 0.25) is 0 Å². The zero-order valence-electron chi connectivity index (χ0n) is 12.4. The van der Waals surface area contributed by atoms with Gasteiger partial charge in [0, 0.05) is 41.4 Å². The highest BCUT2D eigenvalue weighted by molar-refractivity contribution is 8.00. The monoisotopic (exact) mass is 283 g/mol. The molecule has 0 saturated carbocycles. The maximum atomic E-state index is 9.06. The van der Waals surface area contributed by atoms with Gasteiger partial charge >= 0.3 is 0 Å². The smallest absolute Gasteiger partial charge is 0.0644 e. The number of hydrogen-bond acceptors (Lipinski definition) is 4. The van der Waals surface area contributed by atoms with Crippen LogP contribution < -0.4 is 0 Å². The number of nitrogens with zero attached hydrogens (tertiary/aromatic N) is 3. The standard InChI is InChI=1S/C14H25N3OS/c1-10-7-16(8-11(2)19-10)9-14-12(3)15-17(5-6-18)13(14)4/h10-11,18H,5-9H2,1-4H3. The van der Waals surface area contributed by atoms with Crippen LogP contribution in [0.3, 0.4) is 0 Å². The third-order valence-electron chi connectivity index (χ3n) is 3.72. The van der Waals surface area contributed by atoms with Crippen LogP contribution in [-0.4, -0.2) is 50.0 Å². The molecule has 0 aromatic carbocycles. The molecule has 2 atom stereocenters. The Kier molecular flexibility index (Phi) is 4.92. The summed E-state index contributed by atoms with van der Waals surface area (Å²) >= 11 is 2.08. The molecule has 0 spiro atoms. The minimum absolute atomic E-state index is 0.149. The molecule has 108 valence electrons. The maximum absolute atomic E-state index is 9.06. The Morgan fingerprint density at radius 1 is 1.26 bits per heavy atom. The molecule has 1 saturated heterocycles. The van der Waals surface area contributed by atoms with Crippen molar-refractivity contribution in [1.29, 1.82) is 0 Å². The first-order valence-corrected chi connectivity index (χ1v) is 7.97. The van der Waals surface area contributed by atoms with Crippen LogP contribution in [0.15, 0.2) is 0 Å². The average Bonchev–Trinajstić information content (AvgIpc) is 2.56. The summed E-state index contributed by atoms with van der Waals surface area (Å²) in [6.45, 7) is 12.8. The van der Waals surface area contributed by atoms with Crippen molar-refractivity contribution in [2.75, 3.05) is 19.7 Å². The van der Waals surface area contributed by atoms with Gasteiger partial charge in [0.05, 0.1) is 18.8 Å². The fourth-order valence-electron chi connectivity index (χ4n) is 2.91. The van der Waals surface area contributed by atoms with Crippen LogP contribution in [0.25, 0.3) is 0 Å². The normalized spacial score (nSPS) is 24.9. The topological polar surface area (TPSA) is 41.3 Å². The molecule has 1 fully saturated rings. The molecule has 1 aromatic heterocycles. The van der Waals surface area contributed by atoms with Crippen LogP contribution in [0, 0.1) is 13.8 Å². The predicted octanol–water partition coefficient (Wildman–Crippen LogP) is 1.82. The number of aliphatic hydroxyl groups excluding tert-OH is 1. The van der Waals surface area contributed by atoms with Gasteiger partial charge in [-0.2, -0.15) is 16.9 Å². The Morgan fingerprint density at radius 2 is 1.89 bits per heavy atom. The summed E-state index contributed by atoms with van der Waals surface area (Å²) in [5.74, 6) is 0. The Bertz CT molecular complexity index is 423. The first-order valence-electron chi connectivity index (χ1n) is 7.02. The molecule has 19 heavy (non-hydrogen) atoms. The molecule has 2 unspecified atom stereocenters. The average molecular weight is 283 g/mol. The van der Waals surface area contributed by atoms with Gasteiger partial charge in [0.2, 0.25) is 0 Å². The summed E-state index contributed by atoms with van der Waals surface area (Å²) in [7, 11) is 0. The molecular weight excluding hydrogens is 258 g/mol. The van der Waals surface area contributed by atoms with E-state index >= 15 is 0 Å². The molecule has 1 aliphatic rings. The van der Waals surface area contributed by atoms with E-state index in [0.29, 0.717) is 17.0 Å². The lowest BCUT2D eigenvalue weighted by Crippen LogP contribution is -2.39. The van der Waals surface area contributed by atoms with Gasteiger partial charge < -0.3 is 5.11 Å². The molecule has 0 bridgehead atoms. The van der Waals surface area contributed by atoms with Crippen molar-refractivity contribution in [2.24, 2.45) is 0 Å². The summed E-state index contributed by atoms with van der Waals surface area (Å²) < 4.78 is 1.93. The SMILES string of the molecule is Cc1nn(CCO)c(C)c1CN1CC(C)SC(C)C1. The molecule has 2 rings (SSSR count). The van der Waals surface area contributed by atoms with Crippen molar-refractivity contribution < 1.29 is 5.11 Å². The van der Waals surface area contributed by atoms with Crippen LogP contribution in [0.1, 0.15) is 30.8 Å². The zero-order chi connectivity index (χ0) is 14.0. The van der Waals surface area contributed by atoms with Crippen molar-refractivity contribution in [2.45, 2.75) is 51.3 Å². The highest BCUT2D eigenvalue weighted by Crippen LogP contribution is 2.26. The van der Waals surface area contributed by atoms with E-state index in [9.17, 15) is 0 Å². The fourth-order valence-corrected chi connectivity index (χ4v) is 4.30. The van der Waals surface area contributed by atoms with E-state index in [4.69, 9.17) is 5.11 Å². The maximum Gasteiger partial charge on any atom is 0.0644 e. The molecule has 0 amide bonds. The van der Waals surface area contributed by atoms with Crippen LogP contribution >= 0.6 is 11.8 Å². The molecule has 4 nitrogen and oxygen atoms in total. The van der Waals surface area contributed by atoms with Crippen molar-refractivity contribution >= 4 is 11.8 Å². The third kappa shape index (κ3) is 3.52. The second-order valence-electron chi connectivity index (χ2n) is 5.55. The number of hydrogen-bond donors (Lipinski definition) is 1.